The van der Waals surface area contributed by atoms with Crippen molar-refractivity contribution in [3.05, 3.63) is 12.4 Å². The maximum absolute atomic E-state index is 5.50. The molecule has 1 atom stereocenters. The summed E-state index contributed by atoms with van der Waals surface area (Å²) in [5, 5.41) is 3.26. The molecule has 3 N–H and O–H groups in total. The molecule has 0 saturated carbocycles. The van der Waals surface area contributed by atoms with Crippen LogP contribution in [-0.2, 0) is 0 Å². The predicted octanol–water partition coefficient (Wildman–Crippen LogP) is 1.66. The first-order valence-electron chi connectivity index (χ1n) is 6.04. The SMILES string of the molecule is CC(CCN)CNc1cc(OC(C)C)ncn1. The van der Waals surface area contributed by atoms with Crippen LogP contribution in [-0.4, -0.2) is 29.2 Å². The van der Waals surface area contributed by atoms with E-state index in [2.05, 4.69) is 22.2 Å². The highest BCUT2D eigenvalue weighted by atomic mass is 16.5. The van der Waals surface area contributed by atoms with Gasteiger partial charge < -0.3 is 15.8 Å². The highest BCUT2D eigenvalue weighted by Gasteiger charge is 2.04. The van der Waals surface area contributed by atoms with Crippen LogP contribution >= 0.6 is 0 Å². The second kappa shape index (κ2) is 7.06. The molecular formula is C12H22N4O. The normalized spacial score (nSPS) is 12.5. The number of nitrogens with one attached hydrogen (secondary N) is 1. The summed E-state index contributed by atoms with van der Waals surface area (Å²) in [6.45, 7) is 7.67. The predicted molar refractivity (Wildman–Crippen MR) is 69.1 cm³/mol. The van der Waals surface area contributed by atoms with E-state index < -0.39 is 0 Å². The van der Waals surface area contributed by atoms with E-state index in [1.54, 1.807) is 0 Å². The summed E-state index contributed by atoms with van der Waals surface area (Å²) in [5.41, 5.74) is 5.50. The lowest BCUT2D eigenvalue weighted by atomic mass is 10.1. The van der Waals surface area contributed by atoms with Gasteiger partial charge in [-0.15, -0.1) is 0 Å². The van der Waals surface area contributed by atoms with E-state index in [-0.39, 0.29) is 6.10 Å². The Bertz CT molecular complexity index is 330. The second-order valence-electron chi connectivity index (χ2n) is 4.47. The number of anilines is 1. The average Bonchev–Trinajstić information content (AvgIpc) is 2.26. The van der Waals surface area contributed by atoms with Gasteiger partial charge >= 0.3 is 0 Å². The molecule has 5 heteroatoms. The van der Waals surface area contributed by atoms with Crippen LogP contribution < -0.4 is 15.8 Å². The van der Waals surface area contributed by atoms with Crippen molar-refractivity contribution in [3.8, 4) is 5.88 Å². The van der Waals surface area contributed by atoms with E-state index in [0.717, 1.165) is 18.8 Å². The fourth-order valence-electron chi connectivity index (χ4n) is 1.41. The van der Waals surface area contributed by atoms with E-state index in [9.17, 15) is 0 Å². The molecule has 17 heavy (non-hydrogen) atoms. The summed E-state index contributed by atoms with van der Waals surface area (Å²) in [6, 6.07) is 1.81. The van der Waals surface area contributed by atoms with Gasteiger partial charge in [0.1, 0.15) is 12.1 Å². The monoisotopic (exact) mass is 238 g/mol. The Balaban J connectivity index is 2.48. The maximum atomic E-state index is 5.50. The van der Waals surface area contributed by atoms with Gasteiger partial charge in [0.15, 0.2) is 0 Å². The van der Waals surface area contributed by atoms with Gasteiger partial charge in [0, 0.05) is 12.6 Å². The molecule has 0 aliphatic heterocycles. The van der Waals surface area contributed by atoms with Gasteiger partial charge in [0.2, 0.25) is 5.88 Å². The molecule has 0 amide bonds. The Morgan fingerprint density at radius 3 is 2.76 bits per heavy atom. The van der Waals surface area contributed by atoms with E-state index >= 15 is 0 Å². The average molecular weight is 238 g/mol. The van der Waals surface area contributed by atoms with Crippen LogP contribution in [0.1, 0.15) is 27.2 Å². The second-order valence-corrected chi connectivity index (χ2v) is 4.47. The van der Waals surface area contributed by atoms with Gasteiger partial charge in [-0.2, -0.15) is 0 Å². The van der Waals surface area contributed by atoms with Crippen molar-refractivity contribution >= 4 is 5.82 Å². The first-order chi connectivity index (χ1) is 8.11. The molecule has 96 valence electrons. The van der Waals surface area contributed by atoms with Crippen molar-refractivity contribution < 1.29 is 4.74 Å². The van der Waals surface area contributed by atoms with Gasteiger partial charge in [-0.05, 0) is 32.7 Å². The van der Waals surface area contributed by atoms with Crippen LogP contribution in [0.25, 0.3) is 0 Å². The van der Waals surface area contributed by atoms with E-state index in [0.29, 0.717) is 18.3 Å². The molecular weight excluding hydrogens is 216 g/mol. The van der Waals surface area contributed by atoms with Crippen molar-refractivity contribution in [2.45, 2.75) is 33.3 Å². The zero-order valence-corrected chi connectivity index (χ0v) is 10.8. The molecule has 0 radical (unpaired) electrons. The fraction of sp³-hybridized carbons (Fsp3) is 0.667. The third kappa shape index (κ3) is 5.49. The Morgan fingerprint density at radius 1 is 1.35 bits per heavy atom. The summed E-state index contributed by atoms with van der Waals surface area (Å²) in [4.78, 5) is 8.19. The van der Waals surface area contributed by atoms with Gasteiger partial charge in [-0.3, -0.25) is 0 Å². The van der Waals surface area contributed by atoms with Gasteiger partial charge in [0.05, 0.1) is 6.10 Å². The zero-order valence-electron chi connectivity index (χ0n) is 10.8. The fourth-order valence-corrected chi connectivity index (χ4v) is 1.41. The minimum absolute atomic E-state index is 0.119. The first kappa shape index (κ1) is 13.7. The molecule has 1 aromatic rings. The van der Waals surface area contributed by atoms with Crippen LogP contribution in [0, 0.1) is 5.92 Å². The molecule has 1 unspecified atom stereocenters. The molecule has 0 spiro atoms. The summed E-state index contributed by atoms with van der Waals surface area (Å²) in [6.07, 6.45) is 2.63. The quantitative estimate of drug-likeness (QED) is 0.755. The molecule has 0 aliphatic rings. The van der Waals surface area contributed by atoms with Crippen molar-refractivity contribution in [2.24, 2.45) is 11.7 Å². The lowest BCUT2D eigenvalue weighted by Gasteiger charge is -2.13. The van der Waals surface area contributed by atoms with Crippen molar-refractivity contribution in [3.63, 3.8) is 0 Å². The van der Waals surface area contributed by atoms with Crippen molar-refractivity contribution in [1.82, 2.24) is 9.97 Å². The number of hydrogen-bond acceptors (Lipinski definition) is 5. The molecule has 1 rings (SSSR count). The minimum atomic E-state index is 0.119. The molecule has 0 aliphatic carbocycles. The van der Waals surface area contributed by atoms with Crippen molar-refractivity contribution in [2.75, 3.05) is 18.4 Å². The minimum Gasteiger partial charge on any atom is -0.475 e. The smallest absolute Gasteiger partial charge is 0.218 e. The molecule has 0 fully saturated rings. The number of hydrogen-bond donors (Lipinski definition) is 2. The van der Waals surface area contributed by atoms with Crippen LogP contribution in [0.4, 0.5) is 5.82 Å². The third-order valence-corrected chi connectivity index (χ3v) is 2.29. The highest BCUT2D eigenvalue weighted by molar-refractivity contribution is 5.37. The van der Waals surface area contributed by atoms with Crippen LogP contribution in [0.15, 0.2) is 12.4 Å². The van der Waals surface area contributed by atoms with Gasteiger partial charge in [-0.1, -0.05) is 6.92 Å². The van der Waals surface area contributed by atoms with Crippen molar-refractivity contribution in [1.29, 1.82) is 0 Å². The maximum Gasteiger partial charge on any atom is 0.218 e. The first-order valence-corrected chi connectivity index (χ1v) is 6.04. The van der Waals surface area contributed by atoms with E-state index in [1.165, 1.54) is 6.33 Å². The Kier molecular flexibility index (Phi) is 5.69. The number of rotatable bonds is 7. The molecule has 5 nitrogen and oxygen atoms in total. The van der Waals surface area contributed by atoms with Crippen LogP contribution in [0.5, 0.6) is 5.88 Å². The van der Waals surface area contributed by atoms with Gasteiger partial charge in [-0.25, -0.2) is 9.97 Å². The Labute approximate surface area is 103 Å². The lowest BCUT2D eigenvalue weighted by Crippen LogP contribution is -2.16. The summed E-state index contributed by atoms with van der Waals surface area (Å²) < 4.78 is 5.50. The standard InChI is InChI=1S/C12H22N4O/c1-9(2)17-12-6-11(15-8-16-12)14-7-10(3)4-5-13/h6,8-10H,4-5,7,13H2,1-3H3,(H,14,15,16). The largest absolute Gasteiger partial charge is 0.475 e. The summed E-state index contributed by atoms with van der Waals surface area (Å²) >= 11 is 0. The molecule has 1 heterocycles. The van der Waals surface area contributed by atoms with E-state index in [4.69, 9.17) is 10.5 Å². The number of ether oxygens (including phenoxy) is 1. The van der Waals surface area contributed by atoms with E-state index in [1.807, 2.05) is 19.9 Å². The number of nitrogens with zero attached hydrogens (tertiary/aromatic N) is 2. The summed E-state index contributed by atoms with van der Waals surface area (Å²) in [5.74, 6) is 1.92. The summed E-state index contributed by atoms with van der Waals surface area (Å²) in [7, 11) is 0. The Morgan fingerprint density at radius 2 is 2.12 bits per heavy atom. The Hall–Kier alpha value is -1.36. The topological polar surface area (TPSA) is 73.1 Å². The van der Waals surface area contributed by atoms with Crippen LogP contribution in [0.2, 0.25) is 0 Å². The zero-order chi connectivity index (χ0) is 12.7. The molecule has 0 aromatic carbocycles. The molecule has 0 bridgehead atoms. The lowest BCUT2D eigenvalue weighted by molar-refractivity contribution is 0.232. The molecule has 0 saturated heterocycles. The van der Waals surface area contributed by atoms with Gasteiger partial charge in [0.25, 0.3) is 0 Å². The number of aromatic nitrogens is 2. The number of nitrogens with two attached hydrogens (primary N) is 1. The van der Waals surface area contributed by atoms with Crippen LogP contribution in [0.3, 0.4) is 0 Å². The highest BCUT2D eigenvalue weighted by Crippen LogP contribution is 2.13. The third-order valence-electron chi connectivity index (χ3n) is 2.29. The molecule has 1 aromatic heterocycles.